The fraction of sp³-hybridized carbons (Fsp3) is 0.520. The minimum absolute atomic E-state index is 0. The second-order valence-electron chi connectivity index (χ2n) is 8.45. The van der Waals surface area contributed by atoms with Crippen LogP contribution in [0.1, 0.15) is 57.9 Å². The molecule has 0 saturated heterocycles. The van der Waals surface area contributed by atoms with Gasteiger partial charge >= 0.3 is 0 Å². The number of fused-ring (bicyclic) bond motifs is 3. The number of benzene rings is 2. The molecule has 4 rings (SSSR count). The van der Waals surface area contributed by atoms with Crippen molar-refractivity contribution in [2.45, 2.75) is 52.4 Å². The van der Waals surface area contributed by atoms with Crippen molar-refractivity contribution in [1.29, 1.82) is 0 Å². The van der Waals surface area contributed by atoms with E-state index in [0.29, 0.717) is 36.4 Å². The number of nitrogens with one attached hydrogen (secondary N) is 2. The Bertz CT molecular complexity index is 914. The highest BCUT2D eigenvalue weighted by molar-refractivity contribution is 9.10. The highest BCUT2D eigenvalue weighted by Crippen LogP contribution is 2.47. The van der Waals surface area contributed by atoms with E-state index in [-0.39, 0.29) is 19.0 Å². The van der Waals surface area contributed by atoms with Gasteiger partial charge in [-0.2, -0.15) is 0 Å². The summed E-state index contributed by atoms with van der Waals surface area (Å²) in [6, 6.07) is 15.5. The van der Waals surface area contributed by atoms with Crippen LogP contribution in [0, 0.1) is 17.7 Å². The molecule has 0 amide bonds. The SMILES string of the molecule is C.CCCCS(=O)(=O)NCC1CCC2CNc3c(F)cc(Br)cc3C2C1.c1ccccc1. The molecule has 1 aliphatic carbocycles. The highest BCUT2D eigenvalue weighted by atomic mass is 79.9. The predicted molar refractivity (Wildman–Crippen MR) is 136 cm³/mol. The number of anilines is 1. The van der Waals surface area contributed by atoms with Crippen molar-refractivity contribution < 1.29 is 12.8 Å². The molecule has 1 aliphatic heterocycles. The fourth-order valence-corrected chi connectivity index (χ4v) is 6.22. The molecule has 178 valence electrons. The van der Waals surface area contributed by atoms with Crippen molar-refractivity contribution in [3.63, 3.8) is 0 Å². The first-order chi connectivity index (χ1) is 14.9. The largest absolute Gasteiger partial charge is 0.382 e. The first-order valence-corrected chi connectivity index (χ1v) is 13.5. The van der Waals surface area contributed by atoms with E-state index in [0.717, 1.165) is 42.3 Å². The van der Waals surface area contributed by atoms with Gasteiger partial charge in [-0.25, -0.2) is 17.5 Å². The molecule has 2 aromatic carbocycles. The van der Waals surface area contributed by atoms with E-state index in [4.69, 9.17) is 0 Å². The third kappa shape index (κ3) is 7.56. The highest BCUT2D eigenvalue weighted by Gasteiger charge is 2.36. The Morgan fingerprint density at radius 1 is 1.12 bits per heavy atom. The average Bonchev–Trinajstić information content (AvgIpc) is 2.78. The maximum absolute atomic E-state index is 14.2. The smallest absolute Gasteiger partial charge is 0.211 e. The average molecular weight is 528 g/mol. The summed E-state index contributed by atoms with van der Waals surface area (Å²) in [4.78, 5) is 0. The lowest BCUT2D eigenvalue weighted by Crippen LogP contribution is -2.38. The summed E-state index contributed by atoms with van der Waals surface area (Å²) in [5.41, 5.74) is 1.65. The summed E-state index contributed by atoms with van der Waals surface area (Å²) in [6.45, 7) is 3.28. The van der Waals surface area contributed by atoms with Crippen molar-refractivity contribution in [2.75, 3.05) is 24.2 Å². The van der Waals surface area contributed by atoms with Crippen LogP contribution in [0.15, 0.2) is 53.0 Å². The first-order valence-electron chi connectivity index (χ1n) is 11.1. The third-order valence-corrected chi connectivity index (χ3v) is 8.04. The number of halogens is 2. The number of rotatable bonds is 6. The molecule has 3 unspecified atom stereocenters. The first kappa shape index (κ1) is 26.8. The second kappa shape index (κ2) is 12.7. The Kier molecular flexibility index (Phi) is 10.6. The van der Waals surface area contributed by atoms with Crippen molar-refractivity contribution in [2.24, 2.45) is 11.8 Å². The van der Waals surface area contributed by atoms with Crippen LogP contribution in [0.4, 0.5) is 10.1 Å². The number of unbranched alkanes of at least 4 members (excludes halogenated alkanes) is 1. The van der Waals surface area contributed by atoms with Crippen molar-refractivity contribution in [1.82, 2.24) is 4.72 Å². The zero-order valence-electron chi connectivity index (χ0n) is 18.0. The van der Waals surface area contributed by atoms with Gasteiger partial charge in [0.05, 0.1) is 11.4 Å². The molecule has 2 aliphatic rings. The lowest BCUT2D eigenvalue weighted by molar-refractivity contribution is 0.239. The molecule has 1 fully saturated rings. The molecule has 4 nitrogen and oxygen atoms in total. The van der Waals surface area contributed by atoms with E-state index in [1.165, 1.54) is 6.07 Å². The molecule has 2 aromatic rings. The van der Waals surface area contributed by atoms with E-state index in [1.54, 1.807) is 0 Å². The van der Waals surface area contributed by atoms with Gasteiger partial charge in [-0.3, -0.25) is 0 Å². The van der Waals surface area contributed by atoms with Gasteiger partial charge < -0.3 is 5.32 Å². The summed E-state index contributed by atoms with van der Waals surface area (Å²) in [5, 5.41) is 3.24. The molecular weight excluding hydrogens is 491 g/mol. The lowest BCUT2D eigenvalue weighted by atomic mass is 9.69. The standard InChI is InChI=1S/C18H26BrFN2O2S.C6H6.CH4/c1-2-3-6-25(23,24)22-10-12-4-5-13-11-21-18-16(15(13)7-12)8-14(19)9-17(18)20;1-2-4-6-5-3-1;/h8-9,12-13,15,21-22H,2-7,10-11H2,1H3;1-6H;1H4. The summed E-state index contributed by atoms with van der Waals surface area (Å²) < 4.78 is 41.8. The van der Waals surface area contributed by atoms with Crippen LogP contribution in [-0.4, -0.2) is 27.3 Å². The second-order valence-corrected chi connectivity index (χ2v) is 11.3. The Morgan fingerprint density at radius 3 is 2.41 bits per heavy atom. The van der Waals surface area contributed by atoms with Gasteiger partial charge in [0.25, 0.3) is 0 Å². The Balaban J connectivity index is 0.000000450. The van der Waals surface area contributed by atoms with Crippen LogP contribution in [0.2, 0.25) is 0 Å². The topological polar surface area (TPSA) is 58.2 Å². The molecular formula is C25H36BrFN2O2S. The molecule has 0 bridgehead atoms. The summed E-state index contributed by atoms with van der Waals surface area (Å²) >= 11 is 3.39. The van der Waals surface area contributed by atoms with E-state index in [9.17, 15) is 12.8 Å². The van der Waals surface area contributed by atoms with E-state index in [2.05, 4.69) is 26.0 Å². The minimum atomic E-state index is -3.18. The third-order valence-electron chi connectivity index (χ3n) is 6.15. The Hall–Kier alpha value is -1.44. The van der Waals surface area contributed by atoms with Crippen LogP contribution < -0.4 is 10.0 Å². The molecule has 7 heteroatoms. The molecule has 1 saturated carbocycles. The molecule has 1 heterocycles. The van der Waals surface area contributed by atoms with Gasteiger partial charge in [0.2, 0.25) is 10.0 Å². The summed E-state index contributed by atoms with van der Waals surface area (Å²) in [6.07, 6.45) is 4.54. The van der Waals surface area contributed by atoms with Gasteiger partial charge in [-0.1, -0.05) is 73.1 Å². The van der Waals surface area contributed by atoms with Crippen LogP contribution >= 0.6 is 15.9 Å². The number of sulfonamides is 1. The fourth-order valence-electron chi connectivity index (χ4n) is 4.47. The van der Waals surface area contributed by atoms with Crippen LogP contribution in [-0.2, 0) is 10.0 Å². The van der Waals surface area contributed by atoms with Crippen molar-refractivity contribution in [3.05, 3.63) is 64.4 Å². The Labute approximate surface area is 201 Å². The van der Waals surface area contributed by atoms with E-state index < -0.39 is 10.0 Å². The van der Waals surface area contributed by atoms with Gasteiger partial charge in [-0.15, -0.1) is 0 Å². The van der Waals surface area contributed by atoms with E-state index in [1.807, 2.05) is 49.4 Å². The van der Waals surface area contributed by atoms with Crippen LogP contribution in [0.3, 0.4) is 0 Å². The zero-order valence-corrected chi connectivity index (χ0v) is 20.4. The van der Waals surface area contributed by atoms with Gasteiger partial charge in [0.15, 0.2) is 0 Å². The Morgan fingerprint density at radius 2 is 1.78 bits per heavy atom. The molecule has 2 N–H and O–H groups in total. The monoisotopic (exact) mass is 526 g/mol. The summed E-state index contributed by atoms with van der Waals surface area (Å²) in [5.74, 6) is 1.08. The molecule has 0 radical (unpaired) electrons. The maximum Gasteiger partial charge on any atom is 0.211 e. The maximum atomic E-state index is 14.2. The normalized spacial score (nSPS) is 21.7. The van der Waals surface area contributed by atoms with Gasteiger partial charge in [0, 0.05) is 17.6 Å². The molecule has 0 aromatic heterocycles. The molecule has 3 atom stereocenters. The van der Waals surface area contributed by atoms with Crippen molar-refractivity contribution in [3.8, 4) is 0 Å². The van der Waals surface area contributed by atoms with Crippen LogP contribution in [0.5, 0.6) is 0 Å². The minimum Gasteiger partial charge on any atom is -0.382 e. The van der Waals surface area contributed by atoms with Crippen molar-refractivity contribution >= 4 is 31.6 Å². The van der Waals surface area contributed by atoms with E-state index >= 15 is 0 Å². The molecule has 32 heavy (non-hydrogen) atoms. The number of hydrogen-bond acceptors (Lipinski definition) is 3. The number of hydrogen-bond donors (Lipinski definition) is 2. The zero-order chi connectivity index (χ0) is 22.3. The van der Waals surface area contributed by atoms with Crippen LogP contribution in [0.25, 0.3) is 0 Å². The predicted octanol–water partition coefficient (Wildman–Crippen LogP) is 6.56. The quantitative estimate of drug-likeness (QED) is 0.448. The summed E-state index contributed by atoms with van der Waals surface area (Å²) in [7, 11) is -3.18. The molecule has 0 spiro atoms. The van der Waals surface area contributed by atoms with Gasteiger partial charge in [-0.05, 0) is 61.1 Å². The van der Waals surface area contributed by atoms with Gasteiger partial charge in [0.1, 0.15) is 5.82 Å². The lowest BCUT2D eigenvalue weighted by Gasteiger charge is -2.41.